The normalized spacial score (nSPS) is 18.8. The molecule has 6 nitrogen and oxygen atoms in total. The maximum absolute atomic E-state index is 4.30. The van der Waals surface area contributed by atoms with Gasteiger partial charge in [0.1, 0.15) is 0 Å². The number of nitrogens with one attached hydrogen (secondary N) is 2. The fraction of sp³-hybridized carbons (Fsp3) is 0.706. The van der Waals surface area contributed by atoms with Crippen molar-refractivity contribution in [3.8, 4) is 0 Å². The second kappa shape index (κ2) is 9.57. The van der Waals surface area contributed by atoms with Crippen LogP contribution in [0.1, 0.15) is 6.92 Å². The summed E-state index contributed by atoms with van der Waals surface area (Å²) in [5.74, 6) is 1.50. The Morgan fingerprint density at radius 3 is 2.48 bits per heavy atom. The standard InChI is InChI=1S/C17H32N6/c1-16(15-23-12-10-21(3)11-13-23)14-20-17(18-2)19-6-9-22-7-4-5-8-22/h4-5,7-8,16H,6,9-15H2,1-3H3,(H2,18,19,20). The number of likely N-dealkylation sites (N-methyl/N-ethyl adjacent to an activating group) is 1. The van der Waals surface area contributed by atoms with Crippen LogP contribution in [0.25, 0.3) is 0 Å². The van der Waals surface area contributed by atoms with Crippen molar-refractivity contribution < 1.29 is 0 Å². The predicted octanol–water partition coefficient (Wildman–Crippen LogP) is 0.537. The van der Waals surface area contributed by atoms with Crippen LogP contribution < -0.4 is 10.6 Å². The van der Waals surface area contributed by atoms with Gasteiger partial charge in [0.25, 0.3) is 0 Å². The van der Waals surface area contributed by atoms with Crippen LogP contribution in [0.4, 0.5) is 0 Å². The Morgan fingerprint density at radius 2 is 1.83 bits per heavy atom. The fourth-order valence-corrected chi connectivity index (χ4v) is 2.85. The maximum atomic E-state index is 4.30. The van der Waals surface area contributed by atoms with Crippen LogP contribution in [0.5, 0.6) is 0 Å². The van der Waals surface area contributed by atoms with Crippen LogP contribution in [0.15, 0.2) is 29.5 Å². The predicted molar refractivity (Wildman–Crippen MR) is 96.9 cm³/mol. The fourth-order valence-electron chi connectivity index (χ4n) is 2.85. The first-order chi connectivity index (χ1) is 11.2. The molecule has 1 saturated heterocycles. The van der Waals surface area contributed by atoms with Gasteiger partial charge in [-0.05, 0) is 25.1 Å². The quantitative estimate of drug-likeness (QED) is 0.569. The van der Waals surface area contributed by atoms with E-state index in [1.807, 2.05) is 19.2 Å². The Kier molecular flexibility index (Phi) is 7.42. The van der Waals surface area contributed by atoms with Crippen molar-refractivity contribution in [3.05, 3.63) is 24.5 Å². The van der Waals surface area contributed by atoms with E-state index in [-0.39, 0.29) is 0 Å². The summed E-state index contributed by atoms with van der Waals surface area (Å²) in [6.45, 7) is 11.0. The first-order valence-corrected chi connectivity index (χ1v) is 8.63. The lowest BCUT2D eigenvalue weighted by atomic mass is 10.1. The molecule has 1 unspecified atom stereocenters. The average Bonchev–Trinajstić information content (AvgIpc) is 3.06. The molecule has 2 N–H and O–H groups in total. The topological polar surface area (TPSA) is 47.8 Å². The monoisotopic (exact) mass is 320 g/mol. The van der Waals surface area contributed by atoms with Crippen LogP contribution in [0.2, 0.25) is 0 Å². The molecular formula is C17H32N6. The van der Waals surface area contributed by atoms with Crippen molar-refractivity contribution in [2.75, 3.05) is 59.9 Å². The number of piperazine rings is 1. The molecule has 1 aromatic rings. The van der Waals surface area contributed by atoms with Crippen molar-refractivity contribution in [1.29, 1.82) is 0 Å². The van der Waals surface area contributed by atoms with E-state index in [0.29, 0.717) is 5.92 Å². The van der Waals surface area contributed by atoms with Gasteiger partial charge in [-0.1, -0.05) is 6.92 Å². The third-order valence-electron chi connectivity index (χ3n) is 4.34. The molecule has 1 atom stereocenters. The van der Waals surface area contributed by atoms with E-state index in [2.05, 4.69) is 56.4 Å². The number of hydrogen-bond acceptors (Lipinski definition) is 3. The van der Waals surface area contributed by atoms with Gasteiger partial charge in [-0.2, -0.15) is 0 Å². The zero-order valence-electron chi connectivity index (χ0n) is 14.8. The van der Waals surface area contributed by atoms with Crippen LogP contribution in [-0.2, 0) is 6.54 Å². The molecule has 1 fully saturated rings. The number of nitrogens with zero attached hydrogens (tertiary/aromatic N) is 4. The summed E-state index contributed by atoms with van der Waals surface area (Å²) in [5.41, 5.74) is 0. The molecular weight excluding hydrogens is 288 g/mol. The molecule has 2 rings (SSSR count). The Hall–Kier alpha value is -1.53. The zero-order valence-corrected chi connectivity index (χ0v) is 14.8. The van der Waals surface area contributed by atoms with Crippen LogP contribution >= 0.6 is 0 Å². The zero-order chi connectivity index (χ0) is 16.5. The van der Waals surface area contributed by atoms with E-state index in [9.17, 15) is 0 Å². The highest BCUT2D eigenvalue weighted by Crippen LogP contribution is 2.03. The SMILES string of the molecule is CN=C(NCCn1cccc1)NCC(C)CN1CCN(C)CC1. The molecule has 6 heteroatoms. The lowest BCUT2D eigenvalue weighted by Gasteiger charge is -2.34. The van der Waals surface area contributed by atoms with E-state index in [1.165, 1.54) is 26.2 Å². The van der Waals surface area contributed by atoms with Gasteiger partial charge in [0, 0.05) is 71.8 Å². The van der Waals surface area contributed by atoms with Gasteiger partial charge in [-0.25, -0.2) is 0 Å². The lowest BCUT2D eigenvalue weighted by molar-refractivity contribution is 0.139. The smallest absolute Gasteiger partial charge is 0.191 e. The van der Waals surface area contributed by atoms with Gasteiger partial charge >= 0.3 is 0 Å². The minimum Gasteiger partial charge on any atom is -0.356 e. The summed E-state index contributed by atoms with van der Waals surface area (Å²) in [6, 6.07) is 4.10. The molecule has 1 aromatic heterocycles. The number of aromatic nitrogens is 1. The molecule has 0 spiro atoms. The summed E-state index contributed by atoms with van der Waals surface area (Å²) in [6.07, 6.45) is 4.16. The van der Waals surface area contributed by atoms with Crippen LogP contribution in [0.3, 0.4) is 0 Å². The number of aliphatic imine (C=N–C) groups is 1. The molecule has 0 bridgehead atoms. The Bertz CT molecular complexity index is 448. The van der Waals surface area contributed by atoms with E-state index < -0.39 is 0 Å². The van der Waals surface area contributed by atoms with Crippen LogP contribution in [-0.4, -0.2) is 80.2 Å². The van der Waals surface area contributed by atoms with Gasteiger partial charge < -0.3 is 25.0 Å². The molecule has 0 aliphatic carbocycles. The molecule has 1 aliphatic rings. The van der Waals surface area contributed by atoms with Crippen molar-refractivity contribution in [3.63, 3.8) is 0 Å². The Balaban J connectivity index is 1.60. The summed E-state index contributed by atoms with van der Waals surface area (Å²) in [7, 11) is 4.03. The molecule has 1 aliphatic heterocycles. The van der Waals surface area contributed by atoms with Crippen LogP contribution in [0, 0.1) is 5.92 Å². The third-order valence-corrected chi connectivity index (χ3v) is 4.34. The van der Waals surface area contributed by atoms with Gasteiger partial charge in [0.15, 0.2) is 5.96 Å². The molecule has 2 heterocycles. The number of hydrogen-bond donors (Lipinski definition) is 2. The highest BCUT2D eigenvalue weighted by molar-refractivity contribution is 5.79. The molecule has 0 aromatic carbocycles. The Morgan fingerprint density at radius 1 is 1.13 bits per heavy atom. The minimum atomic E-state index is 0.612. The van der Waals surface area contributed by atoms with Gasteiger partial charge in [0.2, 0.25) is 0 Å². The number of guanidine groups is 1. The first kappa shape index (κ1) is 17.8. The summed E-state index contributed by atoms with van der Waals surface area (Å²) in [5, 5.41) is 6.81. The highest BCUT2D eigenvalue weighted by atomic mass is 15.2. The highest BCUT2D eigenvalue weighted by Gasteiger charge is 2.16. The average molecular weight is 320 g/mol. The summed E-state index contributed by atoms with van der Waals surface area (Å²) >= 11 is 0. The van der Waals surface area contributed by atoms with E-state index in [0.717, 1.165) is 32.1 Å². The maximum Gasteiger partial charge on any atom is 0.191 e. The molecule has 0 radical (unpaired) electrons. The summed E-state index contributed by atoms with van der Waals surface area (Å²) < 4.78 is 2.16. The van der Waals surface area contributed by atoms with Crippen molar-refractivity contribution in [2.24, 2.45) is 10.9 Å². The van der Waals surface area contributed by atoms with Gasteiger partial charge in [-0.3, -0.25) is 4.99 Å². The summed E-state index contributed by atoms with van der Waals surface area (Å²) in [4.78, 5) is 9.26. The molecule has 130 valence electrons. The van der Waals surface area contributed by atoms with E-state index in [4.69, 9.17) is 0 Å². The Labute approximate surface area is 140 Å². The molecule has 0 amide bonds. The van der Waals surface area contributed by atoms with Gasteiger partial charge in [0.05, 0.1) is 0 Å². The molecule has 23 heavy (non-hydrogen) atoms. The minimum absolute atomic E-state index is 0.612. The first-order valence-electron chi connectivity index (χ1n) is 8.63. The third kappa shape index (κ3) is 6.62. The second-order valence-corrected chi connectivity index (χ2v) is 6.51. The van der Waals surface area contributed by atoms with Crippen molar-refractivity contribution in [1.82, 2.24) is 25.0 Å². The number of rotatable bonds is 7. The van der Waals surface area contributed by atoms with E-state index in [1.54, 1.807) is 0 Å². The van der Waals surface area contributed by atoms with Gasteiger partial charge in [-0.15, -0.1) is 0 Å². The molecule has 0 saturated carbocycles. The van der Waals surface area contributed by atoms with Crippen molar-refractivity contribution >= 4 is 5.96 Å². The second-order valence-electron chi connectivity index (χ2n) is 6.51. The largest absolute Gasteiger partial charge is 0.356 e. The lowest BCUT2D eigenvalue weighted by Crippen LogP contribution is -2.47. The van der Waals surface area contributed by atoms with Crippen molar-refractivity contribution in [2.45, 2.75) is 13.5 Å². The van der Waals surface area contributed by atoms with E-state index >= 15 is 0 Å².